The van der Waals surface area contributed by atoms with Crippen molar-refractivity contribution < 1.29 is 14.3 Å². The molecule has 28 heavy (non-hydrogen) atoms. The van der Waals surface area contributed by atoms with Gasteiger partial charge in [-0.2, -0.15) is 0 Å². The zero-order chi connectivity index (χ0) is 19.9. The fourth-order valence-electron chi connectivity index (χ4n) is 3.25. The number of carbonyl (C=O) groups is 1. The molecule has 0 radical (unpaired) electrons. The van der Waals surface area contributed by atoms with E-state index < -0.39 is 6.10 Å². The third kappa shape index (κ3) is 5.73. The van der Waals surface area contributed by atoms with Gasteiger partial charge in [-0.1, -0.05) is 30.3 Å². The second kappa shape index (κ2) is 9.60. The minimum atomic E-state index is -0.548. The molecular formula is C23H30N2O3. The van der Waals surface area contributed by atoms with E-state index in [9.17, 15) is 4.79 Å². The highest BCUT2D eigenvalue weighted by molar-refractivity contribution is 5.80. The molecule has 150 valence electrons. The lowest BCUT2D eigenvalue weighted by Crippen LogP contribution is -2.36. The van der Waals surface area contributed by atoms with E-state index in [-0.39, 0.29) is 5.91 Å². The van der Waals surface area contributed by atoms with Crippen LogP contribution >= 0.6 is 0 Å². The quantitative estimate of drug-likeness (QED) is 0.796. The fourth-order valence-corrected chi connectivity index (χ4v) is 3.25. The van der Waals surface area contributed by atoms with Crippen molar-refractivity contribution in [3.05, 3.63) is 59.7 Å². The molecule has 1 saturated heterocycles. The Bertz CT molecular complexity index is 768. The normalized spacial score (nSPS) is 16.4. The molecule has 1 fully saturated rings. The number of para-hydroxylation sites is 1. The number of likely N-dealkylation sites (tertiary alicyclic amines) is 1. The van der Waals surface area contributed by atoms with Gasteiger partial charge in [-0.15, -0.1) is 0 Å². The van der Waals surface area contributed by atoms with Crippen LogP contribution in [-0.4, -0.2) is 43.2 Å². The Labute approximate surface area is 167 Å². The Kier molecular flexibility index (Phi) is 6.93. The van der Waals surface area contributed by atoms with E-state index in [1.165, 1.54) is 0 Å². The summed E-state index contributed by atoms with van der Waals surface area (Å²) < 4.78 is 11.8. The summed E-state index contributed by atoms with van der Waals surface area (Å²) in [7, 11) is 2.15. The van der Waals surface area contributed by atoms with Gasteiger partial charge in [0.1, 0.15) is 17.6 Å². The summed E-state index contributed by atoms with van der Waals surface area (Å²) in [6.45, 7) is 6.36. The Morgan fingerprint density at radius 3 is 2.50 bits per heavy atom. The predicted molar refractivity (Wildman–Crippen MR) is 111 cm³/mol. The van der Waals surface area contributed by atoms with Crippen LogP contribution in [0.15, 0.2) is 48.5 Å². The summed E-state index contributed by atoms with van der Waals surface area (Å²) in [6, 6.07) is 15.7. The molecule has 0 spiro atoms. The summed E-state index contributed by atoms with van der Waals surface area (Å²) in [5.41, 5.74) is 2.05. The lowest BCUT2D eigenvalue weighted by atomic mass is 10.1. The average molecular weight is 383 g/mol. The second-order valence-corrected chi connectivity index (χ2v) is 7.51. The van der Waals surface area contributed by atoms with Crippen LogP contribution in [0.3, 0.4) is 0 Å². The van der Waals surface area contributed by atoms with Crippen molar-refractivity contribution >= 4 is 5.91 Å². The summed E-state index contributed by atoms with van der Waals surface area (Å²) in [4.78, 5) is 14.7. The van der Waals surface area contributed by atoms with Gasteiger partial charge in [0.15, 0.2) is 6.10 Å². The summed E-state index contributed by atoms with van der Waals surface area (Å²) in [5.74, 6) is 1.50. The van der Waals surface area contributed by atoms with Crippen molar-refractivity contribution in [2.24, 2.45) is 0 Å². The molecule has 1 aliphatic rings. The van der Waals surface area contributed by atoms with Gasteiger partial charge in [0.2, 0.25) is 0 Å². The molecule has 1 atom stereocenters. The smallest absolute Gasteiger partial charge is 0.261 e. The SMILES string of the molecule is Cc1ccccc1OC(C)C(=O)NCc1ccc(OC2CCN(C)CC2)cc1. The van der Waals surface area contributed by atoms with E-state index in [4.69, 9.17) is 9.47 Å². The first kappa shape index (κ1) is 20.2. The molecule has 2 aromatic carbocycles. The molecule has 3 rings (SSSR count). The topological polar surface area (TPSA) is 50.8 Å². The monoisotopic (exact) mass is 382 g/mol. The maximum absolute atomic E-state index is 12.3. The average Bonchev–Trinajstić information content (AvgIpc) is 2.70. The molecule has 5 nitrogen and oxygen atoms in total. The Hall–Kier alpha value is -2.53. The molecule has 1 N–H and O–H groups in total. The summed E-state index contributed by atoms with van der Waals surface area (Å²) in [6.07, 6.45) is 1.87. The highest BCUT2D eigenvalue weighted by Gasteiger charge is 2.18. The molecule has 1 heterocycles. The number of benzene rings is 2. The molecule has 1 unspecified atom stereocenters. The maximum Gasteiger partial charge on any atom is 0.261 e. The van der Waals surface area contributed by atoms with Gasteiger partial charge < -0.3 is 19.7 Å². The molecule has 0 saturated carbocycles. The molecule has 0 bridgehead atoms. The third-order valence-electron chi connectivity index (χ3n) is 5.13. The highest BCUT2D eigenvalue weighted by Crippen LogP contribution is 2.20. The zero-order valence-electron chi connectivity index (χ0n) is 17.0. The van der Waals surface area contributed by atoms with E-state index in [1.807, 2.05) is 55.5 Å². The minimum absolute atomic E-state index is 0.130. The van der Waals surface area contributed by atoms with Crippen LogP contribution < -0.4 is 14.8 Å². The Morgan fingerprint density at radius 2 is 1.82 bits per heavy atom. The van der Waals surface area contributed by atoms with E-state index in [1.54, 1.807) is 6.92 Å². The van der Waals surface area contributed by atoms with E-state index in [2.05, 4.69) is 17.3 Å². The number of hydrogen-bond acceptors (Lipinski definition) is 4. The van der Waals surface area contributed by atoms with E-state index in [0.29, 0.717) is 12.6 Å². The van der Waals surface area contributed by atoms with Gasteiger partial charge in [-0.3, -0.25) is 4.79 Å². The van der Waals surface area contributed by atoms with Crippen LogP contribution in [0.5, 0.6) is 11.5 Å². The Balaban J connectivity index is 1.45. The molecular weight excluding hydrogens is 352 g/mol. The second-order valence-electron chi connectivity index (χ2n) is 7.51. The standard InChI is InChI=1S/C23H30N2O3/c1-17-6-4-5-7-22(17)27-18(2)23(26)24-16-19-8-10-20(11-9-19)28-21-12-14-25(3)15-13-21/h4-11,18,21H,12-16H2,1-3H3,(H,24,26). The number of amides is 1. The van der Waals surface area contributed by atoms with E-state index in [0.717, 1.165) is 48.6 Å². The number of nitrogens with one attached hydrogen (secondary N) is 1. The third-order valence-corrected chi connectivity index (χ3v) is 5.13. The van der Waals surface area contributed by atoms with Crippen LogP contribution in [0, 0.1) is 6.92 Å². The van der Waals surface area contributed by atoms with Crippen LogP contribution in [-0.2, 0) is 11.3 Å². The first-order valence-electron chi connectivity index (χ1n) is 9.95. The largest absolute Gasteiger partial charge is 0.490 e. The van der Waals surface area contributed by atoms with Crippen molar-refractivity contribution in [3.8, 4) is 11.5 Å². The highest BCUT2D eigenvalue weighted by atomic mass is 16.5. The number of nitrogens with zero attached hydrogens (tertiary/aromatic N) is 1. The Morgan fingerprint density at radius 1 is 1.14 bits per heavy atom. The fraction of sp³-hybridized carbons (Fsp3) is 0.435. The number of carbonyl (C=O) groups excluding carboxylic acids is 1. The van der Waals surface area contributed by atoms with Gasteiger partial charge in [0.05, 0.1) is 0 Å². The zero-order valence-corrected chi connectivity index (χ0v) is 17.0. The molecule has 2 aromatic rings. The van der Waals surface area contributed by atoms with Gasteiger partial charge in [-0.25, -0.2) is 0 Å². The predicted octanol–water partition coefficient (Wildman–Crippen LogP) is 3.55. The maximum atomic E-state index is 12.3. The van der Waals surface area contributed by atoms with Crippen LogP contribution in [0.1, 0.15) is 30.9 Å². The van der Waals surface area contributed by atoms with Crippen LogP contribution in [0.4, 0.5) is 0 Å². The number of rotatable bonds is 7. The lowest BCUT2D eigenvalue weighted by Gasteiger charge is -2.29. The number of piperidine rings is 1. The van der Waals surface area contributed by atoms with Crippen LogP contribution in [0.2, 0.25) is 0 Å². The first-order chi connectivity index (χ1) is 13.5. The van der Waals surface area contributed by atoms with Crippen molar-refractivity contribution in [2.45, 2.75) is 45.4 Å². The molecule has 1 aliphatic heterocycles. The molecule has 0 aliphatic carbocycles. The molecule has 0 aromatic heterocycles. The van der Waals surface area contributed by atoms with Gasteiger partial charge in [0.25, 0.3) is 5.91 Å². The van der Waals surface area contributed by atoms with E-state index >= 15 is 0 Å². The van der Waals surface area contributed by atoms with Gasteiger partial charge in [-0.05, 0) is 63.1 Å². The minimum Gasteiger partial charge on any atom is -0.490 e. The number of aryl methyl sites for hydroxylation is 1. The lowest BCUT2D eigenvalue weighted by molar-refractivity contribution is -0.127. The van der Waals surface area contributed by atoms with Crippen molar-refractivity contribution in [1.82, 2.24) is 10.2 Å². The van der Waals surface area contributed by atoms with Crippen molar-refractivity contribution in [3.63, 3.8) is 0 Å². The summed E-state index contributed by atoms with van der Waals surface area (Å²) >= 11 is 0. The number of hydrogen-bond donors (Lipinski definition) is 1. The van der Waals surface area contributed by atoms with Gasteiger partial charge in [0, 0.05) is 19.6 Å². The molecule has 1 amide bonds. The van der Waals surface area contributed by atoms with Crippen LogP contribution in [0.25, 0.3) is 0 Å². The number of ether oxygens (including phenoxy) is 2. The molecule has 5 heteroatoms. The summed E-state index contributed by atoms with van der Waals surface area (Å²) in [5, 5.41) is 2.93. The first-order valence-corrected chi connectivity index (χ1v) is 9.95. The van der Waals surface area contributed by atoms with Crippen molar-refractivity contribution in [1.29, 1.82) is 0 Å². The van der Waals surface area contributed by atoms with Gasteiger partial charge >= 0.3 is 0 Å². The van der Waals surface area contributed by atoms with Crippen molar-refractivity contribution in [2.75, 3.05) is 20.1 Å².